The Morgan fingerprint density at radius 1 is 1.39 bits per heavy atom. The number of nitrogens with zero attached hydrogens (tertiary/aromatic N) is 1. The van der Waals surface area contributed by atoms with Crippen LogP contribution in [-0.4, -0.2) is 41.5 Å². The third-order valence-electron chi connectivity index (χ3n) is 2.36. The molecule has 0 spiro atoms. The number of hydrogen-bond donors (Lipinski definition) is 2. The molecule has 6 heteroatoms. The highest BCUT2D eigenvalue weighted by atomic mass is 19.1. The van der Waals surface area contributed by atoms with E-state index in [1.54, 1.807) is 13.0 Å². The maximum atomic E-state index is 13.3. The second-order valence-corrected chi connectivity index (χ2v) is 3.54. The van der Waals surface area contributed by atoms with Crippen molar-refractivity contribution in [1.82, 2.24) is 4.90 Å². The topological polar surface area (TPSA) is 69.6 Å². The molecule has 0 aliphatic rings. The van der Waals surface area contributed by atoms with E-state index in [0.717, 1.165) is 0 Å². The van der Waals surface area contributed by atoms with Crippen molar-refractivity contribution >= 4 is 17.5 Å². The van der Waals surface area contributed by atoms with Crippen LogP contribution in [0.3, 0.4) is 0 Å². The maximum absolute atomic E-state index is 13.3. The van der Waals surface area contributed by atoms with Gasteiger partial charge in [0.15, 0.2) is 0 Å². The largest absolute Gasteiger partial charge is 0.395 e. The predicted molar refractivity (Wildman–Crippen MR) is 64.4 cm³/mol. The van der Waals surface area contributed by atoms with Gasteiger partial charge in [-0.1, -0.05) is 12.1 Å². The summed E-state index contributed by atoms with van der Waals surface area (Å²) in [5, 5.41) is 10.9. The van der Waals surface area contributed by atoms with E-state index in [9.17, 15) is 14.0 Å². The molecule has 0 aromatic heterocycles. The molecule has 2 amide bonds. The minimum absolute atomic E-state index is 0.0455. The molecule has 0 unspecified atom stereocenters. The van der Waals surface area contributed by atoms with Crippen molar-refractivity contribution in [3.63, 3.8) is 0 Å². The van der Waals surface area contributed by atoms with Gasteiger partial charge in [0.1, 0.15) is 5.82 Å². The van der Waals surface area contributed by atoms with E-state index in [0.29, 0.717) is 6.54 Å². The highest BCUT2D eigenvalue weighted by Gasteiger charge is 2.20. The maximum Gasteiger partial charge on any atom is 0.313 e. The average Bonchev–Trinajstić information content (AvgIpc) is 2.37. The number of carbonyl (C=O) groups excluding carboxylic acids is 2. The van der Waals surface area contributed by atoms with E-state index in [4.69, 9.17) is 5.11 Å². The Morgan fingerprint density at radius 2 is 2.06 bits per heavy atom. The van der Waals surface area contributed by atoms with E-state index in [2.05, 4.69) is 5.32 Å². The number of anilines is 1. The lowest BCUT2D eigenvalue weighted by Crippen LogP contribution is -2.41. The van der Waals surface area contributed by atoms with Crippen molar-refractivity contribution < 1.29 is 19.1 Å². The summed E-state index contributed by atoms with van der Waals surface area (Å²) in [6.45, 7) is 1.82. The number of rotatable bonds is 4. The van der Waals surface area contributed by atoms with Crippen molar-refractivity contribution in [2.75, 3.05) is 25.0 Å². The van der Waals surface area contributed by atoms with Crippen LogP contribution in [0, 0.1) is 5.82 Å². The van der Waals surface area contributed by atoms with Crippen molar-refractivity contribution in [2.45, 2.75) is 6.92 Å². The third kappa shape index (κ3) is 3.53. The Hall–Kier alpha value is -1.95. The molecule has 0 radical (unpaired) electrons. The lowest BCUT2D eigenvalue weighted by molar-refractivity contribution is -0.143. The number of halogens is 1. The van der Waals surface area contributed by atoms with Crippen LogP contribution >= 0.6 is 0 Å². The minimum Gasteiger partial charge on any atom is -0.395 e. The molecule has 18 heavy (non-hydrogen) atoms. The quantitative estimate of drug-likeness (QED) is 0.773. The molecule has 0 atom stereocenters. The zero-order valence-corrected chi connectivity index (χ0v) is 10.0. The van der Waals surface area contributed by atoms with Gasteiger partial charge in [0.25, 0.3) is 0 Å². The first-order valence-corrected chi connectivity index (χ1v) is 5.55. The van der Waals surface area contributed by atoms with Crippen LogP contribution in [0.15, 0.2) is 24.3 Å². The van der Waals surface area contributed by atoms with Crippen LogP contribution in [-0.2, 0) is 9.59 Å². The first-order chi connectivity index (χ1) is 8.60. The number of hydrogen-bond acceptors (Lipinski definition) is 3. The Morgan fingerprint density at radius 3 is 2.61 bits per heavy atom. The van der Waals surface area contributed by atoms with Crippen LogP contribution in [0.1, 0.15) is 6.92 Å². The van der Waals surface area contributed by atoms with Gasteiger partial charge in [-0.15, -0.1) is 0 Å². The minimum atomic E-state index is -0.921. The van der Waals surface area contributed by atoms with E-state index in [1.807, 2.05) is 0 Å². The molecule has 1 rings (SSSR count). The number of para-hydroxylation sites is 1. The fourth-order valence-electron chi connectivity index (χ4n) is 1.41. The monoisotopic (exact) mass is 254 g/mol. The number of amides is 2. The lowest BCUT2D eigenvalue weighted by Gasteiger charge is -2.18. The molecule has 0 heterocycles. The molecule has 0 aliphatic carbocycles. The SMILES string of the molecule is CCN(CCO)C(=O)C(=O)Nc1ccccc1F. The van der Waals surface area contributed by atoms with Gasteiger partial charge in [-0.3, -0.25) is 9.59 Å². The van der Waals surface area contributed by atoms with Crippen molar-refractivity contribution in [3.05, 3.63) is 30.1 Å². The first kappa shape index (κ1) is 14.1. The second-order valence-electron chi connectivity index (χ2n) is 3.54. The fraction of sp³-hybridized carbons (Fsp3) is 0.333. The molecule has 98 valence electrons. The Labute approximate surface area is 104 Å². The molecule has 0 saturated heterocycles. The summed E-state index contributed by atoms with van der Waals surface area (Å²) in [7, 11) is 0. The Kier molecular flexibility index (Phi) is 5.26. The van der Waals surface area contributed by atoms with Crippen LogP contribution in [0.2, 0.25) is 0 Å². The average molecular weight is 254 g/mol. The van der Waals surface area contributed by atoms with Crippen LogP contribution in [0.4, 0.5) is 10.1 Å². The van der Waals surface area contributed by atoms with E-state index >= 15 is 0 Å². The molecule has 0 aliphatic heterocycles. The number of aliphatic hydroxyl groups is 1. The van der Waals surface area contributed by atoms with Gasteiger partial charge >= 0.3 is 11.8 Å². The smallest absolute Gasteiger partial charge is 0.313 e. The zero-order valence-electron chi connectivity index (χ0n) is 10.0. The molecular weight excluding hydrogens is 239 g/mol. The van der Waals surface area contributed by atoms with E-state index in [1.165, 1.54) is 23.1 Å². The molecule has 1 aromatic rings. The fourth-order valence-corrected chi connectivity index (χ4v) is 1.41. The number of nitrogens with one attached hydrogen (secondary N) is 1. The van der Waals surface area contributed by atoms with Crippen LogP contribution < -0.4 is 5.32 Å². The number of benzene rings is 1. The Balaban J connectivity index is 2.71. The lowest BCUT2D eigenvalue weighted by atomic mass is 10.3. The number of aliphatic hydroxyl groups excluding tert-OH is 1. The Bertz CT molecular complexity index is 437. The molecule has 2 N–H and O–H groups in total. The van der Waals surface area contributed by atoms with Gasteiger partial charge in [0.05, 0.1) is 12.3 Å². The summed E-state index contributed by atoms with van der Waals surface area (Å²) in [4.78, 5) is 24.4. The summed E-state index contributed by atoms with van der Waals surface area (Å²) < 4.78 is 13.3. The van der Waals surface area contributed by atoms with Gasteiger partial charge in [-0.2, -0.15) is 0 Å². The van der Waals surface area contributed by atoms with E-state index in [-0.39, 0.29) is 18.8 Å². The number of carbonyl (C=O) groups is 2. The highest BCUT2D eigenvalue weighted by Crippen LogP contribution is 2.12. The van der Waals surface area contributed by atoms with Gasteiger partial charge < -0.3 is 15.3 Å². The summed E-state index contributed by atoms with van der Waals surface area (Å²) in [5.41, 5.74) is -0.0455. The first-order valence-electron chi connectivity index (χ1n) is 5.55. The van der Waals surface area contributed by atoms with Gasteiger partial charge in [0, 0.05) is 13.1 Å². The third-order valence-corrected chi connectivity index (χ3v) is 2.36. The normalized spacial score (nSPS) is 9.94. The highest BCUT2D eigenvalue weighted by molar-refractivity contribution is 6.39. The molecule has 0 saturated carbocycles. The van der Waals surface area contributed by atoms with Gasteiger partial charge in [-0.25, -0.2) is 4.39 Å². The molecule has 0 bridgehead atoms. The van der Waals surface area contributed by atoms with Crippen molar-refractivity contribution in [1.29, 1.82) is 0 Å². The van der Waals surface area contributed by atoms with Crippen LogP contribution in [0.5, 0.6) is 0 Å². The second kappa shape index (κ2) is 6.70. The molecule has 0 fully saturated rings. The van der Waals surface area contributed by atoms with Gasteiger partial charge in [-0.05, 0) is 19.1 Å². The van der Waals surface area contributed by atoms with Gasteiger partial charge in [0.2, 0.25) is 0 Å². The zero-order chi connectivity index (χ0) is 13.5. The summed E-state index contributed by atoms with van der Waals surface area (Å²) in [6, 6.07) is 5.58. The number of likely N-dealkylation sites (N-methyl/N-ethyl adjacent to an activating group) is 1. The summed E-state index contributed by atoms with van der Waals surface area (Å²) >= 11 is 0. The molecular formula is C12H15FN2O3. The van der Waals surface area contributed by atoms with E-state index < -0.39 is 17.6 Å². The predicted octanol–water partition coefficient (Wildman–Crippen LogP) is 0.605. The summed E-state index contributed by atoms with van der Waals surface area (Å²) in [5.74, 6) is -2.32. The summed E-state index contributed by atoms with van der Waals surface area (Å²) in [6.07, 6.45) is 0. The van der Waals surface area contributed by atoms with Crippen LogP contribution in [0.25, 0.3) is 0 Å². The molecule has 1 aromatic carbocycles. The standard InChI is InChI=1S/C12H15FN2O3/c1-2-15(7-8-16)12(18)11(17)14-10-6-4-3-5-9(10)13/h3-6,16H,2,7-8H2,1H3,(H,14,17). The molecule has 5 nitrogen and oxygen atoms in total. The van der Waals surface area contributed by atoms with Crippen molar-refractivity contribution in [2.24, 2.45) is 0 Å². The van der Waals surface area contributed by atoms with Crippen molar-refractivity contribution in [3.8, 4) is 0 Å².